The Balaban J connectivity index is 1.97. The summed E-state index contributed by atoms with van der Waals surface area (Å²) in [6.45, 7) is 2.74. The van der Waals surface area contributed by atoms with Crippen molar-refractivity contribution >= 4 is 5.69 Å². The number of fused-ring (bicyclic) bond motifs is 1. The molecular weight excluding hydrogens is 266 g/mol. The van der Waals surface area contributed by atoms with Gasteiger partial charge in [-0.15, -0.1) is 0 Å². The molecule has 21 heavy (non-hydrogen) atoms. The van der Waals surface area contributed by atoms with Gasteiger partial charge in [0.2, 0.25) is 0 Å². The lowest BCUT2D eigenvalue weighted by Crippen LogP contribution is -2.24. The molecule has 1 N–H and O–H groups in total. The number of hydrogen-bond donors (Lipinski definition) is 1. The summed E-state index contributed by atoms with van der Waals surface area (Å²) in [6, 6.07) is 11.9. The predicted molar refractivity (Wildman–Crippen MR) is 82.6 cm³/mol. The molecule has 0 amide bonds. The van der Waals surface area contributed by atoms with E-state index >= 15 is 0 Å². The van der Waals surface area contributed by atoms with Crippen LogP contribution >= 0.6 is 0 Å². The highest BCUT2D eigenvalue weighted by Gasteiger charge is 2.25. The maximum Gasteiger partial charge on any atom is 0.146 e. The van der Waals surface area contributed by atoms with E-state index in [0.29, 0.717) is 6.54 Å². The molecule has 0 fully saturated rings. The van der Waals surface area contributed by atoms with Crippen LogP contribution in [0.4, 0.5) is 5.69 Å². The van der Waals surface area contributed by atoms with Crippen LogP contribution in [0.15, 0.2) is 36.4 Å². The van der Waals surface area contributed by atoms with E-state index in [4.69, 9.17) is 14.2 Å². The molecule has 1 heterocycles. The first-order chi connectivity index (χ1) is 10.2. The lowest BCUT2D eigenvalue weighted by molar-refractivity contribution is 0.203. The van der Waals surface area contributed by atoms with Gasteiger partial charge in [0, 0.05) is 5.56 Å². The molecule has 0 bridgehead atoms. The number of ether oxygens (including phenoxy) is 3. The highest BCUT2D eigenvalue weighted by Crippen LogP contribution is 2.39. The van der Waals surface area contributed by atoms with Crippen LogP contribution in [-0.2, 0) is 0 Å². The molecule has 2 aromatic rings. The summed E-state index contributed by atoms with van der Waals surface area (Å²) in [4.78, 5) is 0. The van der Waals surface area contributed by atoms with Crippen LogP contribution in [0.1, 0.15) is 17.2 Å². The summed E-state index contributed by atoms with van der Waals surface area (Å²) >= 11 is 0. The first-order valence-electron chi connectivity index (χ1n) is 6.95. The van der Waals surface area contributed by atoms with Crippen LogP contribution in [0.3, 0.4) is 0 Å². The van der Waals surface area contributed by atoms with Gasteiger partial charge in [0.25, 0.3) is 0 Å². The molecule has 0 radical (unpaired) electrons. The summed E-state index contributed by atoms with van der Waals surface area (Å²) in [5.74, 6) is 2.50. The molecule has 3 rings (SSSR count). The van der Waals surface area contributed by atoms with Crippen LogP contribution < -0.4 is 19.5 Å². The number of benzene rings is 2. The summed E-state index contributed by atoms with van der Waals surface area (Å²) in [5.41, 5.74) is 3.14. The number of anilines is 1. The predicted octanol–water partition coefficient (Wildman–Crippen LogP) is 3.56. The molecule has 4 heteroatoms. The average Bonchev–Trinajstić information content (AvgIpc) is 2.54. The van der Waals surface area contributed by atoms with E-state index in [2.05, 4.69) is 5.32 Å². The van der Waals surface area contributed by atoms with E-state index in [1.54, 1.807) is 14.2 Å². The second kappa shape index (κ2) is 5.56. The van der Waals surface area contributed by atoms with Crippen molar-refractivity contribution in [3.63, 3.8) is 0 Å². The number of nitrogens with one attached hydrogen (secondary N) is 1. The van der Waals surface area contributed by atoms with Crippen LogP contribution in [0.5, 0.6) is 17.2 Å². The van der Waals surface area contributed by atoms with E-state index in [1.165, 1.54) is 0 Å². The van der Waals surface area contributed by atoms with Gasteiger partial charge in [-0.2, -0.15) is 0 Å². The van der Waals surface area contributed by atoms with Crippen molar-refractivity contribution in [2.24, 2.45) is 0 Å². The molecule has 1 aliphatic heterocycles. The van der Waals surface area contributed by atoms with Crippen LogP contribution in [0, 0.1) is 6.92 Å². The van der Waals surface area contributed by atoms with Crippen LogP contribution in [0.2, 0.25) is 0 Å². The molecular formula is C17H19NO3. The molecule has 1 unspecified atom stereocenters. The first-order valence-corrected chi connectivity index (χ1v) is 6.95. The van der Waals surface area contributed by atoms with Gasteiger partial charge in [0.1, 0.15) is 23.4 Å². The van der Waals surface area contributed by atoms with E-state index < -0.39 is 0 Å². The molecule has 1 aliphatic rings. The minimum Gasteiger partial charge on any atom is -0.497 e. The number of hydrogen-bond acceptors (Lipinski definition) is 4. The normalized spacial score (nSPS) is 16.4. The summed E-state index contributed by atoms with van der Waals surface area (Å²) in [6.07, 6.45) is -0.108. The Kier molecular flexibility index (Phi) is 3.60. The number of methoxy groups -OCH3 is 2. The zero-order valence-electron chi connectivity index (χ0n) is 12.5. The van der Waals surface area contributed by atoms with Crippen molar-refractivity contribution in [1.29, 1.82) is 0 Å². The molecule has 0 spiro atoms. The van der Waals surface area contributed by atoms with E-state index in [9.17, 15) is 0 Å². The third-order valence-corrected chi connectivity index (χ3v) is 3.73. The van der Waals surface area contributed by atoms with Gasteiger partial charge in [-0.3, -0.25) is 0 Å². The standard InChI is InChI=1S/C17H19NO3/c1-11-5-4-6-14-17(11)21-16(10-18-14)13-9-12(19-2)7-8-15(13)20-3/h4-9,16,18H,10H2,1-3H3. The molecule has 1 atom stereocenters. The van der Waals surface area contributed by atoms with Crippen molar-refractivity contribution in [1.82, 2.24) is 0 Å². The minimum atomic E-state index is -0.108. The van der Waals surface area contributed by atoms with E-state index in [0.717, 1.165) is 34.1 Å². The van der Waals surface area contributed by atoms with Gasteiger partial charge in [0.15, 0.2) is 0 Å². The second-order valence-corrected chi connectivity index (χ2v) is 5.05. The highest BCUT2D eigenvalue weighted by atomic mass is 16.5. The molecule has 0 aromatic heterocycles. The van der Waals surface area contributed by atoms with Crippen LogP contribution in [-0.4, -0.2) is 20.8 Å². The SMILES string of the molecule is COc1ccc(OC)c(C2CNc3cccc(C)c3O2)c1. The van der Waals surface area contributed by atoms with Crippen LogP contribution in [0.25, 0.3) is 0 Å². The summed E-state index contributed by atoms with van der Waals surface area (Å²) < 4.78 is 17.0. The van der Waals surface area contributed by atoms with Crippen molar-refractivity contribution in [2.75, 3.05) is 26.1 Å². The fourth-order valence-electron chi connectivity index (χ4n) is 2.60. The van der Waals surface area contributed by atoms with Gasteiger partial charge in [-0.05, 0) is 36.8 Å². The topological polar surface area (TPSA) is 39.7 Å². The Labute approximate surface area is 124 Å². The van der Waals surface area contributed by atoms with E-state index in [1.807, 2.05) is 43.3 Å². The van der Waals surface area contributed by atoms with Crippen molar-refractivity contribution in [3.8, 4) is 17.2 Å². The van der Waals surface area contributed by atoms with Crippen molar-refractivity contribution in [3.05, 3.63) is 47.5 Å². The van der Waals surface area contributed by atoms with Gasteiger partial charge in [-0.1, -0.05) is 12.1 Å². The lowest BCUT2D eigenvalue weighted by atomic mass is 10.0. The number of aryl methyl sites for hydroxylation is 1. The van der Waals surface area contributed by atoms with Gasteiger partial charge in [0.05, 0.1) is 26.5 Å². The smallest absolute Gasteiger partial charge is 0.146 e. The minimum absolute atomic E-state index is 0.108. The quantitative estimate of drug-likeness (QED) is 0.936. The summed E-state index contributed by atoms with van der Waals surface area (Å²) in [5, 5.41) is 3.42. The molecule has 0 saturated heterocycles. The third-order valence-electron chi connectivity index (χ3n) is 3.73. The zero-order valence-corrected chi connectivity index (χ0v) is 12.5. The monoisotopic (exact) mass is 285 g/mol. The van der Waals surface area contributed by atoms with Gasteiger partial charge < -0.3 is 19.5 Å². The number of rotatable bonds is 3. The Morgan fingerprint density at radius 2 is 2.00 bits per heavy atom. The fraction of sp³-hybridized carbons (Fsp3) is 0.294. The maximum absolute atomic E-state index is 6.19. The fourth-order valence-corrected chi connectivity index (χ4v) is 2.60. The van der Waals surface area contributed by atoms with Gasteiger partial charge >= 0.3 is 0 Å². The van der Waals surface area contributed by atoms with Gasteiger partial charge in [-0.25, -0.2) is 0 Å². The Bertz CT molecular complexity index is 654. The highest BCUT2D eigenvalue weighted by molar-refractivity contribution is 5.62. The largest absolute Gasteiger partial charge is 0.497 e. The third kappa shape index (κ3) is 2.49. The Morgan fingerprint density at radius 3 is 2.76 bits per heavy atom. The average molecular weight is 285 g/mol. The Hall–Kier alpha value is -2.36. The summed E-state index contributed by atoms with van der Waals surface area (Å²) in [7, 11) is 3.33. The molecule has 0 aliphatic carbocycles. The lowest BCUT2D eigenvalue weighted by Gasteiger charge is -2.29. The maximum atomic E-state index is 6.19. The zero-order chi connectivity index (χ0) is 14.8. The second-order valence-electron chi connectivity index (χ2n) is 5.05. The first kappa shape index (κ1) is 13.6. The molecule has 110 valence electrons. The Morgan fingerprint density at radius 1 is 1.14 bits per heavy atom. The van der Waals surface area contributed by atoms with E-state index in [-0.39, 0.29) is 6.10 Å². The number of para-hydroxylation sites is 1. The van der Waals surface area contributed by atoms with Crippen molar-refractivity contribution < 1.29 is 14.2 Å². The molecule has 0 saturated carbocycles. The van der Waals surface area contributed by atoms with Crippen molar-refractivity contribution in [2.45, 2.75) is 13.0 Å². The molecule has 2 aromatic carbocycles. The molecule has 4 nitrogen and oxygen atoms in total.